The second kappa shape index (κ2) is 25.5. The lowest BCUT2D eigenvalue weighted by molar-refractivity contribution is -0.338. The molecular weight excluding hydrogens is 1050 g/mol. The van der Waals surface area contributed by atoms with Crippen LogP contribution in [-0.2, 0) is 82.3 Å². The van der Waals surface area contributed by atoms with Crippen molar-refractivity contribution in [3.63, 3.8) is 0 Å². The number of rotatable bonds is 22. The Morgan fingerprint density at radius 1 is 0.323 bits per heavy atom. The lowest BCUT2D eigenvalue weighted by Crippen LogP contribution is -2.63. The van der Waals surface area contributed by atoms with Gasteiger partial charge in [-0.05, 0) is 33.4 Å². The van der Waals surface area contributed by atoms with Gasteiger partial charge in [0, 0.05) is 0 Å². The normalized spacial score (nSPS) is 25.6. The molecule has 0 saturated carbocycles. The topological polar surface area (TPSA) is 83.1 Å². The minimum Gasteiger partial charge on any atom is -0.374 e. The van der Waals surface area contributed by atoms with Gasteiger partial charge in [0.25, 0.3) is 0 Å². The van der Waals surface area contributed by atoms with E-state index in [-0.39, 0.29) is 21.1 Å². The fourth-order valence-electron chi connectivity index (χ4n) is 7.94. The molecule has 2 aliphatic heterocycles. The van der Waals surface area contributed by atoms with Crippen LogP contribution >= 0.6 is 45.2 Å². The fourth-order valence-corrected chi connectivity index (χ4v) is 9.85. The first-order valence-corrected chi connectivity index (χ1v) is 24.7. The van der Waals surface area contributed by atoms with E-state index in [1.807, 2.05) is 109 Å². The quantitative estimate of drug-likeness (QED) is 0.0488. The molecule has 6 aromatic carbocycles. The van der Waals surface area contributed by atoms with Gasteiger partial charge >= 0.3 is 0 Å². The van der Waals surface area contributed by atoms with Crippen LogP contribution in [0.1, 0.15) is 33.4 Å². The minimum atomic E-state index is -0.775. The van der Waals surface area contributed by atoms with Gasteiger partial charge in [-0.25, -0.2) is 0 Å². The van der Waals surface area contributed by atoms with Crippen molar-refractivity contribution >= 4 is 45.2 Å². The summed E-state index contributed by atoms with van der Waals surface area (Å²) < 4.78 is 60.6. The van der Waals surface area contributed by atoms with Crippen molar-refractivity contribution in [3.8, 4) is 0 Å². The molecule has 0 unspecified atom stereocenters. The molecule has 10 atom stereocenters. The van der Waals surface area contributed by atoms with Gasteiger partial charge in [-0.2, -0.15) is 0 Å². The van der Waals surface area contributed by atoms with Crippen molar-refractivity contribution < 1.29 is 42.6 Å². The second-order valence-corrected chi connectivity index (χ2v) is 19.0. The van der Waals surface area contributed by atoms with E-state index in [0.29, 0.717) is 39.6 Å². The Morgan fingerprint density at radius 3 is 0.846 bits per heavy atom. The van der Waals surface area contributed by atoms with Crippen molar-refractivity contribution in [2.45, 2.75) is 96.7 Å². The van der Waals surface area contributed by atoms with Gasteiger partial charge in [-0.1, -0.05) is 227 Å². The van der Waals surface area contributed by atoms with Gasteiger partial charge < -0.3 is 42.6 Å². The van der Waals surface area contributed by atoms with Gasteiger partial charge in [0.2, 0.25) is 0 Å². The van der Waals surface area contributed by atoms with Crippen LogP contribution in [0.25, 0.3) is 0 Å². The smallest absolute Gasteiger partial charge is 0.175 e. The monoisotopic (exact) mass is 1100 g/mol. The summed E-state index contributed by atoms with van der Waals surface area (Å²) in [6, 6.07) is 61.0. The molecule has 0 radical (unpaired) electrons. The summed E-state index contributed by atoms with van der Waals surface area (Å²) in [4.78, 5) is 0. The van der Waals surface area contributed by atoms with E-state index in [4.69, 9.17) is 42.6 Å². The van der Waals surface area contributed by atoms with Crippen LogP contribution in [0.5, 0.6) is 0 Å². The predicted molar refractivity (Wildman–Crippen MR) is 266 cm³/mol. The third kappa shape index (κ3) is 14.2. The number of hydrogen-bond donors (Lipinski definition) is 0. The average Bonchev–Trinajstić information content (AvgIpc) is 3.36. The molecular formula is C54H56I2O9. The molecule has 0 aromatic heterocycles. The highest BCUT2D eigenvalue weighted by Gasteiger charge is 2.52. The third-order valence-corrected chi connectivity index (χ3v) is 13.9. The van der Waals surface area contributed by atoms with E-state index in [2.05, 4.69) is 118 Å². The molecule has 2 aliphatic rings. The van der Waals surface area contributed by atoms with Crippen molar-refractivity contribution in [1.82, 2.24) is 0 Å². The van der Waals surface area contributed by atoms with Crippen LogP contribution in [0, 0.1) is 0 Å². The Bertz CT molecular complexity index is 2050. The maximum Gasteiger partial charge on any atom is 0.175 e. The molecule has 65 heavy (non-hydrogen) atoms. The van der Waals surface area contributed by atoms with Crippen LogP contribution in [0.2, 0.25) is 0 Å². The minimum absolute atomic E-state index is 0.246. The van der Waals surface area contributed by atoms with Gasteiger partial charge in [-0.3, -0.25) is 0 Å². The van der Waals surface area contributed by atoms with Crippen LogP contribution in [0.4, 0.5) is 0 Å². The molecule has 0 spiro atoms. The Balaban J connectivity index is 1.07. The molecule has 8 rings (SSSR count). The molecule has 0 bridgehead atoms. The number of benzene rings is 6. The fraction of sp³-hybridized carbons (Fsp3) is 0.333. The Hall–Kier alpha value is -3.58. The first kappa shape index (κ1) is 47.9. The Labute approximate surface area is 410 Å². The number of alkyl halides is 2. The van der Waals surface area contributed by atoms with Crippen LogP contribution in [0.3, 0.4) is 0 Å². The highest BCUT2D eigenvalue weighted by Crippen LogP contribution is 2.38. The molecule has 340 valence electrons. The predicted octanol–water partition coefficient (Wildman–Crippen LogP) is 10.8. The van der Waals surface area contributed by atoms with Gasteiger partial charge in [0.15, 0.2) is 12.6 Å². The molecule has 2 heterocycles. The third-order valence-electron chi connectivity index (χ3n) is 11.3. The van der Waals surface area contributed by atoms with Crippen molar-refractivity contribution in [1.29, 1.82) is 0 Å². The Kier molecular flexibility index (Phi) is 18.8. The molecule has 2 saturated heterocycles. The number of ether oxygens (including phenoxy) is 9. The van der Waals surface area contributed by atoms with E-state index < -0.39 is 49.2 Å². The van der Waals surface area contributed by atoms with Crippen molar-refractivity contribution in [2.24, 2.45) is 0 Å². The Morgan fingerprint density at radius 2 is 0.569 bits per heavy atom. The van der Waals surface area contributed by atoms with Crippen molar-refractivity contribution in [2.75, 3.05) is 13.2 Å². The van der Waals surface area contributed by atoms with Crippen LogP contribution in [0.15, 0.2) is 182 Å². The van der Waals surface area contributed by atoms with E-state index in [0.717, 1.165) is 33.4 Å². The summed E-state index contributed by atoms with van der Waals surface area (Å²) in [5, 5.41) is 0. The van der Waals surface area contributed by atoms with E-state index in [1.54, 1.807) is 0 Å². The highest BCUT2D eigenvalue weighted by molar-refractivity contribution is 14.1. The summed E-state index contributed by atoms with van der Waals surface area (Å²) in [5.74, 6) is 0. The molecule has 2 fully saturated rings. The molecule has 6 aromatic rings. The first-order chi connectivity index (χ1) is 32.1. The SMILES string of the molecule is I[C@@H]1[C@@H](O[C@H]2O[C@H](COCc3ccccc3)[C@H](OCc3ccccc3)[C@H](OCc3ccccc3)[C@@H]2I)O[C@H](COCc2ccccc2)[C@H](OCc2ccccc2)[C@@H]1OCc1ccccc1. The zero-order valence-corrected chi connectivity index (χ0v) is 40.5. The lowest BCUT2D eigenvalue weighted by Gasteiger charge is -2.48. The maximum absolute atomic E-state index is 7.09. The largest absolute Gasteiger partial charge is 0.374 e. The zero-order valence-electron chi connectivity index (χ0n) is 36.2. The first-order valence-electron chi connectivity index (χ1n) is 22.2. The van der Waals surface area contributed by atoms with E-state index >= 15 is 0 Å². The van der Waals surface area contributed by atoms with Gasteiger partial charge in [0.05, 0.1) is 60.7 Å². The van der Waals surface area contributed by atoms with Gasteiger partial charge in [-0.15, -0.1) is 0 Å². The second-order valence-electron chi connectivity index (χ2n) is 16.2. The highest BCUT2D eigenvalue weighted by atomic mass is 127. The standard InChI is InChI=1S/C54H56I2O9/c55-47-51(61-35-43-27-15-5-16-28-43)49(59-33-41-23-11-3-12-24-41)45(37-57-31-39-19-7-1-8-20-39)63-53(47)65-54-48(56)52(62-36-44-29-17-6-18-30-44)50(60-34-42-25-13-4-14-26-42)46(64-54)38-58-32-40-21-9-2-10-22-40/h1-30,45-54H,31-38H2/t45-,46-,47+,48+,49+,50+,51-,52-,53-,54-/m1/s1. The molecule has 9 nitrogen and oxygen atoms in total. The lowest BCUT2D eigenvalue weighted by atomic mass is 9.99. The van der Waals surface area contributed by atoms with E-state index in [9.17, 15) is 0 Å². The van der Waals surface area contributed by atoms with Crippen molar-refractivity contribution in [3.05, 3.63) is 215 Å². The summed E-state index contributed by atoms with van der Waals surface area (Å²) in [5.41, 5.74) is 6.35. The number of hydrogen-bond acceptors (Lipinski definition) is 9. The van der Waals surface area contributed by atoms with E-state index in [1.165, 1.54) is 0 Å². The van der Waals surface area contributed by atoms with Gasteiger partial charge in [0.1, 0.15) is 36.6 Å². The summed E-state index contributed by atoms with van der Waals surface area (Å²) in [7, 11) is 0. The van der Waals surface area contributed by atoms with Crippen LogP contribution in [-0.4, -0.2) is 70.3 Å². The number of halogens is 2. The average molecular weight is 1100 g/mol. The zero-order chi connectivity index (χ0) is 44.5. The molecule has 0 aliphatic carbocycles. The summed E-state index contributed by atoms with van der Waals surface area (Å²) >= 11 is 4.81. The molecule has 0 N–H and O–H groups in total. The summed E-state index contributed by atoms with van der Waals surface area (Å²) in [6.07, 6.45) is -4.52. The molecule has 11 heteroatoms. The molecule has 0 amide bonds. The maximum atomic E-state index is 7.09. The van der Waals surface area contributed by atoms with Crippen LogP contribution < -0.4 is 0 Å². The summed E-state index contributed by atoms with van der Waals surface area (Å²) in [6.45, 7) is 2.84.